The molecule has 4 nitrogen and oxygen atoms in total. The van der Waals surface area contributed by atoms with Crippen molar-refractivity contribution in [3.63, 3.8) is 0 Å². The summed E-state index contributed by atoms with van der Waals surface area (Å²) in [6.07, 6.45) is 2.05. The van der Waals surface area contributed by atoms with Crippen molar-refractivity contribution in [1.29, 1.82) is 0 Å². The molecule has 1 aromatic carbocycles. The fourth-order valence-corrected chi connectivity index (χ4v) is 2.84. The Morgan fingerprint density at radius 1 is 1.48 bits per heavy atom. The molecule has 1 fully saturated rings. The van der Waals surface area contributed by atoms with E-state index in [1.54, 1.807) is 6.92 Å². The third-order valence-corrected chi connectivity index (χ3v) is 4.08. The quantitative estimate of drug-likeness (QED) is 0.894. The van der Waals surface area contributed by atoms with Gasteiger partial charge >= 0.3 is 0 Å². The van der Waals surface area contributed by atoms with Crippen LogP contribution < -0.4 is 16.0 Å². The number of nitrogens with two attached hydrogens (primary N) is 1. The molecule has 0 spiro atoms. The van der Waals surface area contributed by atoms with Gasteiger partial charge in [0.2, 0.25) is 5.91 Å². The summed E-state index contributed by atoms with van der Waals surface area (Å²) in [6.45, 7) is 5.99. The number of amides is 1. The van der Waals surface area contributed by atoms with Crippen LogP contribution in [0.25, 0.3) is 0 Å². The molecule has 1 aliphatic rings. The van der Waals surface area contributed by atoms with Crippen LogP contribution in [0.3, 0.4) is 0 Å². The molecular formula is C16H24FN3O. The number of carbonyl (C=O) groups excluding carboxylic acids is 1. The first-order chi connectivity index (χ1) is 9.97. The normalized spacial score (nSPS) is 17.6. The minimum absolute atomic E-state index is 0.0233. The molecule has 1 aromatic rings. The molecular weight excluding hydrogens is 269 g/mol. The third-order valence-electron chi connectivity index (χ3n) is 4.08. The standard InChI is InChI=1S/C16H24FN3O/c1-11(18)15-9-14(17)3-4-16(15)20-7-5-13(6-8-20)10-19-12(2)21/h3-4,9,11,13H,5-8,10,18H2,1-2H3,(H,19,21). The maximum absolute atomic E-state index is 13.4. The van der Waals surface area contributed by atoms with Crippen LogP contribution in [0.1, 0.15) is 38.3 Å². The number of piperidine rings is 1. The maximum atomic E-state index is 13.4. The Balaban J connectivity index is 2.00. The van der Waals surface area contributed by atoms with E-state index >= 15 is 0 Å². The zero-order valence-corrected chi connectivity index (χ0v) is 12.7. The van der Waals surface area contributed by atoms with E-state index in [0.717, 1.165) is 43.7 Å². The number of hydrogen-bond acceptors (Lipinski definition) is 3. The fraction of sp³-hybridized carbons (Fsp3) is 0.562. The first-order valence-electron chi connectivity index (χ1n) is 7.51. The number of carbonyl (C=O) groups is 1. The second-order valence-corrected chi connectivity index (χ2v) is 5.86. The molecule has 0 radical (unpaired) electrons. The Labute approximate surface area is 125 Å². The van der Waals surface area contributed by atoms with Gasteiger partial charge in [0.1, 0.15) is 5.82 Å². The molecule has 2 rings (SSSR count). The third kappa shape index (κ3) is 4.17. The zero-order chi connectivity index (χ0) is 15.4. The first kappa shape index (κ1) is 15.8. The van der Waals surface area contributed by atoms with Gasteiger partial charge in [0.25, 0.3) is 0 Å². The molecule has 21 heavy (non-hydrogen) atoms. The first-order valence-corrected chi connectivity index (χ1v) is 7.51. The second-order valence-electron chi connectivity index (χ2n) is 5.86. The van der Waals surface area contributed by atoms with Gasteiger partial charge in [0.15, 0.2) is 0 Å². The summed E-state index contributed by atoms with van der Waals surface area (Å²) in [5, 5.41) is 2.88. The topological polar surface area (TPSA) is 58.4 Å². The van der Waals surface area contributed by atoms with Gasteiger partial charge in [-0.2, -0.15) is 0 Å². The van der Waals surface area contributed by atoms with E-state index in [2.05, 4.69) is 10.2 Å². The zero-order valence-electron chi connectivity index (χ0n) is 12.7. The Morgan fingerprint density at radius 2 is 2.14 bits per heavy atom. The average Bonchev–Trinajstić information content (AvgIpc) is 2.45. The van der Waals surface area contributed by atoms with Crippen LogP contribution in [-0.2, 0) is 4.79 Å². The SMILES string of the molecule is CC(=O)NCC1CCN(c2ccc(F)cc2C(C)N)CC1. The lowest BCUT2D eigenvalue weighted by Gasteiger charge is -2.35. The molecule has 1 heterocycles. The van der Waals surface area contributed by atoms with Gasteiger partial charge in [-0.1, -0.05) is 0 Å². The monoisotopic (exact) mass is 293 g/mol. The van der Waals surface area contributed by atoms with E-state index in [-0.39, 0.29) is 17.8 Å². The Bertz CT molecular complexity index is 496. The number of nitrogens with one attached hydrogen (secondary N) is 1. The van der Waals surface area contributed by atoms with Gasteiger partial charge in [-0.3, -0.25) is 4.79 Å². The van der Waals surface area contributed by atoms with Gasteiger partial charge in [-0.15, -0.1) is 0 Å². The molecule has 0 aromatic heterocycles. The summed E-state index contributed by atoms with van der Waals surface area (Å²) in [6, 6.07) is 4.66. The van der Waals surface area contributed by atoms with Crippen LogP contribution in [0, 0.1) is 11.7 Å². The lowest BCUT2D eigenvalue weighted by Crippen LogP contribution is -2.38. The van der Waals surface area contributed by atoms with Gasteiger partial charge in [-0.25, -0.2) is 4.39 Å². The summed E-state index contributed by atoms with van der Waals surface area (Å²) in [7, 11) is 0. The van der Waals surface area contributed by atoms with E-state index < -0.39 is 0 Å². The van der Waals surface area contributed by atoms with Crippen LogP contribution >= 0.6 is 0 Å². The van der Waals surface area contributed by atoms with Gasteiger partial charge in [0.05, 0.1) is 0 Å². The summed E-state index contributed by atoms with van der Waals surface area (Å²) in [5.41, 5.74) is 7.85. The van der Waals surface area contributed by atoms with Crippen molar-refractivity contribution in [2.45, 2.75) is 32.7 Å². The molecule has 0 aliphatic carbocycles. The highest BCUT2D eigenvalue weighted by Gasteiger charge is 2.22. The molecule has 1 aliphatic heterocycles. The van der Waals surface area contributed by atoms with Crippen molar-refractivity contribution in [2.75, 3.05) is 24.5 Å². The summed E-state index contributed by atoms with van der Waals surface area (Å²) in [4.78, 5) is 13.2. The van der Waals surface area contributed by atoms with Gasteiger partial charge < -0.3 is 16.0 Å². The van der Waals surface area contributed by atoms with Crippen LogP contribution in [0.2, 0.25) is 0 Å². The fourth-order valence-electron chi connectivity index (χ4n) is 2.84. The van der Waals surface area contributed by atoms with E-state index in [1.165, 1.54) is 12.1 Å². The minimum Gasteiger partial charge on any atom is -0.371 e. The van der Waals surface area contributed by atoms with E-state index in [0.29, 0.717) is 5.92 Å². The highest BCUT2D eigenvalue weighted by atomic mass is 19.1. The number of nitrogens with zero attached hydrogens (tertiary/aromatic N) is 1. The number of rotatable bonds is 4. The predicted molar refractivity (Wildman–Crippen MR) is 82.6 cm³/mol. The molecule has 1 atom stereocenters. The van der Waals surface area contributed by atoms with Gasteiger partial charge in [0, 0.05) is 38.3 Å². The number of anilines is 1. The second kappa shape index (κ2) is 6.89. The highest BCUT2D eigenvalue weighted by molar-refractivity contribution is 5.72. The lowest BCUT2D eigenvalue weighted by atomic mass is 9.95. The highest BCUT2D eigenvalue weighted by Crippen LogP contribution is 2.29. The Hall–Kier alpha value is -1.62. The van der Waals surface area contributed by atoms with E-state index in [9.17, 15) is 9.18 Å². The largest absolute Gasteiger partial charge is 0.371 e. The number of benzene rings is 1. The van der Waals surface area contributed by atoms with Crippen LogP contribution in [0.15, 0.2) is 18.2 Å². The minimum atomic E-state index is -0.244. The van der Waals surface area contributed by atoms with Crippen LogP contribution in [0.4, 0.5) is 10.1 Å². The van der Waals surface area contributed by atoms with Crippen molar-refractivity contribution < 1.29 is 9.18 Å². The van der Waals surface area contributed by atoms with Crippen LogP contribution in [-0.4, -0.2) is 25.5 Å². The summed E-state index contributed by atoms with van der Waals surface area (Å²) >= 11 is 0. The maximum Gasteiger partial charge on any atom is 0.216 e. The molecule has 3 N–H and O–H groups in total. The lowest BCUT2D eigenvalue weighted by molar-refractivity contribution is -0.119. The Morgan fingerprint density at radius 3 is 2.71 bits per heavy atom. The summed E-state index contributed by atoms with van der Waals surface area (Å²) < 4.78 is 13.4. The van der Waals surface area contributed by atoms with E-state index in [1.807, 2.05) is 13.0 Å². The molecule has 5 heteroatoms. The number of hydrogen-bond donors (Lipinski definition) is 2. The van der Waals surface area contributed by atoms with Crippen molar-refractivity contribution >= 4 is 11.6 Å². The average molecular weight is 293 g/mol. The van der Waals surface area contributed by atoms with E-state index in [4.69, 9.17) is 5.73 Å². The molecule has 1 amide bonds. The smallest absolute Gasteiger partial charge is 0.216 e. The predicted octanol–water partition coefficient (Wildman–Crippen LogP) is 2.20. The summed E-state index contributed by atoms with van der Waals surface area (Å²) in [5.74, 6) is 0.297. The Kier molecular flexibility index (Phi) is 5.17. The van der Waals surface area contributed by atoms with Crippen molar-refractivity contribution in [1.82, 2.24) is 5.32 Å². The molecule has 0 saturated carbocycles. The molecule has 116 valence electrons. The molecule has 1 unspecified atom stereocenters. The van der Waals surface area contributed by atoms with Crippen molar-refractivity contribution in [3.8, 4) is 0 Å². The van der Waals surface area contributed by atoms with Crippen LogP contribution in [0.5, 0.6) is 0 Å². The van der Waals surface area contributed by atoms with Crippen molar-refractivity contribution in [2.24, 2.45) is 11.7 Å². The molecule has 1 saturated heterocycles. The van der Waals surface area contributed by atoms with Gasteiger partial charge in [-0.05, 0) is 49.4 Å². The number of halogens is 1. The van der Waals surface area contributed by atoms with Crippen molar-refractivity contribution in [3.05, 3.63) is 29.6 Å². The molecule has 0 bridgehead atoms.